The van der Waals surface area contributed by atoms with Crippen LogP contribution in [-0.4, -0.2) is 39.7 Å². The van der Waals surface area contributed by atoms with Crippen molar-refractivity contribution in [3.05, 3.63) is 22.5 Å². The molecular weight excluding hydrogens is 250 g/mol. The lowest BCUT2D eigenvalue weighted by Crippen LogP contribution is -2.39. The number of nitrogens with one attached hydrogen (secondary N) is 2. The van der Waals surface area contributed by atoms with Crippen molar-refractivity contribution in [2.45, 2.75) is 32.9 Å². The Morgan fingerprint density at radius 1 is 1.63 bits per heavy atom. The van der Waals surface area contributed by atoms with Crippen LogP contribution in [0.25, 0.3) is 0 Å². The van der Waals surface area contributed by atoms with Crippen LogP contribution in [0, 0.1) is 10.1 Å². The summed E-state index contributed by atoms with van der Waals surface area (Å²) in [6.07, 6.45) is 2.73. The standard InChI is InChI=1S/C11H19N5O3/c1-3-12-9(2)6-13-11(17)4-5-15-8-10(7-14-15)16(18)19/h7-9,12H,3-6H2,1-2H3,(H,13,17)/t9-/m1/s1. The minimum atomic E-state index is -0.512. The van der Waals surface area contributed by atoms with Crippen molar-refractivity contribution in [3.8, 4) is 0 Å². The number of rotatable bonds is 8. The molecule has 8 heteroatoms. The molecule has 19 heavy (non-hydrogen) atoms. The fourth-order valence-corrected chi connectivity index (χ4v) is 1.56. The average molecular weight is 269 g/mol. The molecule has 1 aromatic heterocycles. The van der Waals surface area contributed by atoms with E-state index in [1.165, 1.54) is 17.1 Å². The van der Waals surface area contributed by atoms with E-state index in [0.29, 0.717) is 13.1 Å². The van der Waals surface area contributed by atoms with E-state index in [0.717, 1.165) is 6.54 Å². The van der Waals surface area contributed by atoms with Crippen molar-refractivity contribution >= 4 is 11.6 Å². The van der Waals surface area contributed by atoms with Crippen LogP contribution in [0.4, 0.5) is 5.69 Å². The van der Waals surface area contributed by atoms with Gasteiger partial charge in [0.15, 0.2) is 0 Å². The maximum absolute atomic E-state index is 11.6. The van der Waals surface area contributed by atoms with E-state index in [1.807, 2.05) is 13.8 Å². The highest BCUT2D eigenvalue weighted by Gasteiger charge is 2.10. The summed E-state index contributed by atoms with van der Waals surface area (Å²) in [6.45, 7) is 5.73. The predicted molar refractivity (Wildman–Crippen MR) is 69.6 cm³/mol. The molecule has 0 aromatic carbocycles. The Morgan fingerprint density at radius 2 is 2.37 bits per heavy atom. The molecule has 106 valence electrons. The van der Waals surface area contributed by atoms with Crippen LogP contribution in [0.2, 0.25) is 0 Å². The van der Waals surface area contributed by atoms with Crippen LogP contribution in [0.3, 0.4) is 0 Å². The minimum absolute atomic E-state index is 0.0684. The van der Waals surface area contributed by atoms with Crippen molar-refractivity contribution in [1.29, 1.82) is 0 Å². The minimum Gasteiger partial charge on any atom is -0.354 e. The Hall–Kier alpha value is -1.96. The van der Waals surface area contributed by atoms with Crippen molar-refractivity contribution < 1.29 is 9.72 Å². The van der Waals surface area contributed by atoms with E-state index >= 15 is 0 Å². The van der Waals surface area contributed by atoms with Crippen LogP contribution in [0.1, 0.15) is 20.3 Å². The van der Waals surface area contributed by atoms with Gasteiger partial charge < -0.3 is 10.6 Å². The number of nitro groups is 1. The summed E-state index contributed by atoms with van der Waals surface area (Å²) in [5.41, 5.74) is -0.0684. The monoisotopic (exact) mass is 269 g/mol. The Labute approximate surface area is 111 Å². The topological polar surface area (TPSA) is 102 Å². The number of hydrogen-bond acceptors (Lipinski definition) is 5. The molecule has 8 nitrogen and oxygen atoms in total. The molecule has 0 aliphatic carbocycles. The highest BCUT2D eigenvalue weighted by Crippen LogP contribution is 2.07. The number of carbonyl (C=O) groups is 1. The number of carbonyl (C=O) groups excluding carboxylic acids is 1. The zero-order valence-corrected chi connectivity index (χ0v) is 11.1. The molecule has 0 fully saturated rings. The number of aromatic nitrogens is 2. The van der Waals surface area contributed by atoms with Gasteiger partial charge in [-0.15, -0.1) is 0 Å². The lowest BCUT2D eigenvalue weighted by atomic mass is 10.3. The first kappa shape index (κ1) is 15.1. The molecule has 0 bridgehead atoms. The van der Waals surface area contributed by atoms with Gasteiger partial charge in [-0.3, -0.25) is 19.6 Å². The first-order chi connectivity index (χ1) is 9.02. The van der Waals surface area contributed by atoms with E-state index in [2.05, 4.69) is 15.7 Å². The number of aryl methyl sites for hydroxylation is 1. The lowest BCUT2D eigenvalue weighted by Gasteiger charge is -2.13. The van der Waals surface area contributed by atoms with Gasteiger partial charge >= 0.3 is 5.69 Å². The second kappa shape index (κ2) is 7.47. The summed E-state index contributed by atoms with van der Waals surface area (Å²) < 4.78 is 1.39. The molecular formula is C11H19N5O3. The lowest BCUT2D eigenvalue weighted by molar-refractivity contribution is -0.385. The van der Waals surface area contributed by atoms with Gasteiger partial charge in [-0.05, 0) is 13.5 Å². The van der Waals surface area contributed by atoms with Gasteiger partial charge in [-0.25, -0.2) is 0 Å². The second-order valence-corrected chi connectivity index (χ2v) is 4.23. The van der Waals surface area contributed by atoms with E-state index in [-0.39, 0.29) is 24.1 Å². The molecule has 0 saturated heterocycles. The molecule has 0 aliphatic heterocycles. The molecule has 1 amide bonds. The van der Waals surface area contributed by atoms with Gasteiger partial charge in [0.05, 0.1) is 4.92 Å². The first-order valence-corrected chi connectivity index (χ1v) is 6.19. The van der Waals surface area contributed by atoms with Gasteiger partial charge in [-0.2, -0.15) is 5.10 Å². The van der Waals surface area contributed by atoms with Crippen LogP contribution < -0.4 is 10.6 Å². The maximum Gasteiger partial charge on any atom is 0.306 e. The van der Waals surface area contributed by atoms with Gasteiger partial charge in [-0.1, -0.05) is 6.92 Å². The molecule has 1 heterocycles. The number of nitrogens with zero attached hydrogens (tertiary/aromatic N) is 3. The van der Waals surface area contributed by atoms with Gasteiger partial charge in [0, 0.05) is 25.6 Å². The fourth-order valence-electron chi connectivity index (χ4n) is 1.56. The molecule has 2 N–H and O–H groups in total. The maximum atomic E-state index is 11.6. The van der Waals surface area contributed by atoms with Crippen molar-refractivity contribution in [3.63, 3.8) is 0 Å². The third kappa shape index (κ3) is 5.47. The Balaban J connectivity index is 2.27. The summed E-state index contributed by atoms with van der Waals surface area (Å²) in [5, 5.41) is 20.2. The van der Waals surface area contributed by atoms with E-state index in [4.69, 9.17) is 0 Å². The largest absolute Gasteiger partial charge is 0.354 e. The summed E-state index contributed by atoms with van der Waals surface area (Å²) in [4.78, 5) is 21.5. The zero-order chi connectivity index (χ0) is 14.3. The highest BCUT2D eigenvalue weighted by atomic mass is 16.6. The first-order valence-electron chi connectivity index (χ1n) is 6.19. The van der Waals surface area contributed by atoms with Crippen LogP contribution in [0.15, 0.2) is 12.4 Å². The molecule has 0 saturated carbocycles. The smallest absolute Gasteiger partial charge is 0.306 e. The Bertz CT molecular complexity index is 432. The normalized spacial score (nSPS) is 12.1. The number of amides is 1. The number of hydrogen-bond donors (Lipinski definition) is 2. The van der Waals surface area contributed by atoms with Gasteiger partial charge in [0.25, 0.3) is 0 Å². The second-order valence-electron chi connectivity index (χ2n) is 4.23. The van der Waals surface area contributed by atoms with E-state index < -0.39 is 4.92 Å². The summed E-state index contributed by atoms with van der Waals surface area (Å²) in [7, 11) is 0. The average Bonchev–Trinajstić information content (AvgIpc) is 2.83. The summed E-state index contributed by atoms with van der Waals surface area (Å²) in [6, 6.07) is 0.222. The molecule has 0 spiro atoms. The summed E-state index contributed by atoms with van der Waals surface area (Å²) in [5.74, 6) is -0.0945. The molecule has 1 rings (SSSR count). The molecule has 0 radical (unpaired) electrons. The van der Waals surface area contributed by atoms with Crippen molar-refractivity contribution in [2.24, 2.45) is 0 Å². The van der Waals surface area contributed by atoms with Gasteiger partial charge in [0.1, 0.15) is 12.4 Å². The predicted octanol–water partition coefficient (Wildman–Crippen LogP) is 0.296. The zero-order valence-electron chi connectivity index (χ0n) is 11.1. The SMILES string of the molecule is CCN[C@H](C)CNC(=O)CCn1cc([N+](=O)[O-])cn1. The molecule has 1 aromatic rings. The molecule has 1 atom stereocenters. The van der Waals surface area contributed by atoms with Gasteiger partial charge in [0.2, 0.25) is 5.91 Å². The Morgan fingerprint density at radius 3 is 2.95 bits per heavy atom. The fraction of sp³-hybridized carbons (Fsp3) is 0.636. The third-order valence-corrected chi connectivity index (χ3v) is 2.56. The van der Waals surface area contributed by atoms with Crippen molar-refractivity contribution in [2.75, 3.05) is 13.1 Å². The number of likely N-dealkylation sites (N-methyl/N-ethyl adjacent to an activating group) is 1. The van der Waals surface area contributed by atoms with Crippen LogP contribution >= 0.6 is 0 Å². The van der Waals surface area contributed by atoms with E-state index in [1.54, 1.807) is 0 Å². The Kier molecular flexibility index (Phi) is 5.94. The molecule has 0 unspecified atom stereocenters. The quantitative estimate of drug-likeness (QED) is 0.522. The van der Waals surface area contributed by atoms with Crippen LogP contribution in [-0.2, 0) is 11.3 Å². The molecule has 0 aliphatic rings. The van der Waals surface area contributed by atoms with Crippen molar-refractivity contribution in [1.82, 2.24) is 20.4 Å². The van der Waals surface area contributed by atoms with Crippen LogP contribution in [0.5, 0.6) is 0 Å². The van der Waals surface area contributed by atoms with E-state index in [9.17, 15) is 14.9 Å². The summed E-state index contributed by atoms with van der Waals surface area (Å²) >= 11 is 0. The highest BCUT2D eigenvalue weighted by molar-refractivity contribution is 5.75. The third-order valence-electron chi connectivity index (χ3n) is 2.56.